The molecule has 0 bridgehead atoms. The molecule has 0 amide bonds. The molecule has 74 valence electrons. The zero-order chi connectivity index (χ0) is 10.3. The summed E-state index contributed by atoms with van der Waals surface area (Å²) in [6, 6.07) is 4.69. The standard InChI is InChI=1S/C8H10O3.C2H6/c1-10-7-4-3-6(9)5-8(7)11-2;1-2/h3-5,9H,1-2H3;1-2H3. The minimum absolute atomic E-state index is 0.169. The number of methoxy groups -OCH3 is 2. The summed E-state index contributed by atoms with van der Waals surface area (Å²) < 4.78 is 9.89. The fraction of sp³-hybridized carbons (Fsp3) is 0.400. The predicted molar refractivity (Wildman–Crippen MR) is 52.6 cm³/mol. The molecule has 1 aromatic rings. The van der Waals surface area contributed by atoms with Crippen molar-refractivity contribution in [2.75, 3.05) is 14.2 Å². The van der Waals surface area contributed by atoms with Crippen LogP contribution in [0.3, 0.4) is 0 Å². The highest BCUT2D eigenvalue weighted by Gasteiger charge is 2.01. The summed E-state index contributed by atoms with van der Waals surface area (Å²) in [7, 11) is 3.08. The van der Waals surface area contributed by atoms with E-state index in [0.29, 0.717) is 11.5 Å². The SMILES string of the molecule is CC.COc1ccc(O)cc1OC. The van der Waals surface area contributed by atoms with Gasteiger partial charge >= 0.3 is 0 Å². The third kappa shape index (κ3) is 3.23. The highest BCUT2D eigenvalue weighted by atomic mass is 16.5. The van der Waals surface area contributed by atoms with Crippen LogP contribution in [0.2, 0.25) is 0 Å². The second kappa shape index (κ2) is 6.17. The van der Waals surface area contributed by atoms with Crippen LogP contribution in [-0.4, -0.2) is 19.3 Å². The summed E-state index contributed by atoms with van der Waals surface area (Å²) in [6.45, 7) is 4.00. The van der Waals surface area contributed by atoms with Crippen LogP contribution in [0, 0.1) is 0 Å². The lowest BCUT2D eigenvalue weighted by Crippen LogP contribution is -1.88. The van der Waals surface area contributed by atoms with Gasteiger partial charge in [0.05, 0.1) is 14.2 Å². The molecule has 0 unspecified atom stereocenters. The van der Waals surface area contributed by atoms with Crippen molar-refractivity contribution in [1.29, 1.82) is 0 Å². The van der Waals surface area contributed by atoms with Crippen LogP contribution < -0.4 is 9.47 Å². The van der Waals surface area contributed by atoms with Crippen LogP contribution >= 0.6 is 0 Å². The lowest BCUT2D eigenvalue weighted by molar-refractivity contribution is 0.351. The first-order valence-corrected chi connectivity index (χ1v) is 4.19. The maximum Gasteiger partial charge on any atom is 0.164 e. The molecule has 0 atom stereocenters. The van der Waals surface area contributed by atoms with Crippen LogP contribution in [0.25, 0.3) is 0 Å². The van der Waals surface area contributed by atoms with Gasteiger partial charge in [0.1, 0.15) is 5.75 Å². The molecule has 0 fully saturated rings. The van der Waals surface area contributed by atoms with Crippen molar-refractivity contribution in [3.63, 3.8) is 0 Å². The highest BCUT2D eigenvalue weighted by molar-refractivity contribution is 5.44. The van der Waals surface area contributed by atoms with E-state index < -0.39 is 0 Å². The largest absolute Gasteiger partial charge is 0.508 e. The van der Waals surface area contributed by atoms with Gasteiger partial charge in [-0.05, 0) is 12.1 Å². The van der Waals surface area contributed by atoms with Crippen molar-refractivity contribution in [1.82, 2.24) is 0 Å². The van der Waals surface area contributed by atoms with Crippen molar-refractivity contribution >= 4 is 0 Å². The van der Waals surface area contributed by atoms with Crippen molar-refractivity contribution < 1.29 is 14.6 Å². The van der Waals surface area contributed by atoms with Gasteiger partial charge in [-0.15, -0.1) is 0 Å². The average Bonchev–Trinajstić information content (AvgIpc) is 2.20. The van der Waals surface area contributed by atoms with E-state index in [1.807, 2.05) is 13.8 Å². The molecule has 1 N–H and O–H groups in total. The number of aromatic hydroxyl groups is 1. The molecule has 3 nitrogen and oxygen atoms in total. The summed E-state index contributed by atoms with van der Waals surface area (Å²) >= 11 is 0. The summed E-state index contributed by atoms with van der Waals surface area (Å²) in [5, 5.41) is 9.03. The third-order valence-corrected chi connectivity index (χ3v) is 1.37. The Labute approximate surface area is 78.9 Å². The third-order valence-electron chi connectivity index (χ3n) is 1.37. The van der Waals surface area contributed by atoms with E-state index in [0.717, 1.165) is 0 Å². The highest BCUT2D eigenvalue weighted by Crippen LogP contribution is 2.29. The Bertz CT molecular complexity index is 246. The molecule has 0 saturated heterocycles. The van der Waals surface area contributed by atoms with Crippen molar-refractivity contribution in [3.8, 4) is 17.2 Å². The Morgan fingerprint density at radius 2 is 1.54 bits per heavy atom. The smallest absolute Gasteiger partial charge is 0.164 e. The van der Waals surface area contributed by atoms with Gasteiger partial charge in [0.25, 0.3) is 0 Å². The first-order valence-electron chi connectivity index (χ1n) is 4.19. The van der Waals surface area contributed by atoms with Gasteiger partial charge in [0.2, 0.25) is 0 Å². The minimum atomic E-state index is 0.169. The molecule has 0 spiro atoms. The lowest BCUT2D eigenvalue weighted by Gasteiger charge is -2.06. The zero-order valence-corrected chi connectivity index (χ0v) is 8.50. The summed E-state index contributed by atoms with van der Waals surface area (Å²) in [5.74, 6) is 1.32. The number of benzene rings is 1. The number of hydrogen-bond acceptors (Lipinski definition) is 3. The maximum absolute atomic E-state index is 9.03. The van der Waals surface area contributed by atoms with Crippen LogP contribution in [0.4, 0.5) is 0 Å². The van der Waals surface area contributed by atoms with Gasteiger partial charge in [-0.3, -0.25) is 0 Å². The second-order valence-electron chi connectivity index (χ2n) is 2.04. The van der Waals surface area contributed by atoms with Crippen LogP contribution in [0.5, 0.6) is 17.2 Å². The Kier molecular flexibility index (Phi) is 5.52. The summed E-state index contributed by atoms with van der Waals surface area (Å²) in [4.78, 5) is 0. The van der Waals surface area contributed by atoms with Crippen LogP contribution in [0.15, 0.2) is 18.2 Å². The second-order valence-corrected chi connectivity index (χ2v) is 2.04. The molecule has 0 saturated carbocycles. The van der Waals surface area contributed by atoms with Gasteiger partial charge in [-0.25, -0.2) is 0 Å². The quantitative estimate of drug-likeness (QED) is 0.767. The van der Waals surface area contributed by atoms with E-state index in [-0.39, 0.29) is 5.75 Å². The minimum Gasteiger partial charge on any atom is -0.508 e. The van der Waals surface area contributed by atoms with Crippen LogP contribution in [-0.2, 0) is 0 Å². The molecule has 0 heterocycles. The lowest BCUT2D eigenvalue weighted by atomic mass is 10.3. The van der Waals surface area contributed by atoms with E-state index >= 15 is 0 Å². The van der Waals surface area contributed by atoms with Crippen molar-refractivity contribution in [3.05, 3.63) is 18.2 Å². The Balaban J connectivity index is 0.000000671. The van der Waals surface area contributed by atoms with E-state index in [4.69, 9.17) is 14.6 Å². The van der Waals surface area contributed by atoms with Gasteiger partial charge in [-0.1, -0.05) is 13.8 Å². The number of phenolic OH excluding ortho intramolecular Hbond substituents is 1. The fourth-order valence-electron chi connectivity index (χ4n) is 0.825. The number of rotatable bonds is 2. The van der Waals surface area contributed by atoms with Gasteiger partial charge in [0.15, 0.2) is 11.5 Å². The average molecular weight is 184 g/mol. The van der Waals surface area contributed by atoms with E-state index in [1.165, 1.54) is 13.2 Å². The van der Waals surface area contributed by atoms with Crippen molar-refractivity contribution in [2.45, 2.75) is 13.8 Å². The number of hydrogen-bond donors (Lipinski definition) is 1. The fourth-order valence-corrected chi connectivity index (χ4v) is 0.825. The van der Waals surface area contributed by atoms with E-state index in [2.05, 4.69) is 0 Å². The molecule has 3 heteroatoms. The predicted octanol–water partition coefficient (Wildman–Crippen LogP) is 2.44. The summed E-state index contributed by atoms with van der Waals surface area (Å²) in [6.07, 6.45) is 0. The normalized spacial score (nSPS) is 8.31. The van der Waals surface area contributed by atoms with Gasteiger partial charge in [-0.2, -0.15) is 0 Å². The van der Waals surface area contributed by atoms with Crippen molar-refractivity contribution in [2.24, 2.45) is 0 Å². The monoisotopic (exact) mass is 184 g/mol. The number of ether oxygens (including phenoxy) is 2. The Morgan fingerprint density at radius 1 is 1.00 bits per heavy atom. The first kappa shape index (κ1) is 11.6. The molecule has 1 aromatic carbocycles. The molecule has 0 aliphatic heterocycles. The molecular weight excluding hydrogens is 168 g/mol. The molecular formula is C10H16O3. The zero-order valence-electron chi connectivity index (χ0n) is 8.50. The van der Waals surface area contributed by atoms with E-state index in [9.17, 15) is 0 Å². The molecule has 0 aliphatic rings. The van der Waals surface area contributed by atoms with E-state index in [1.54, 1.807) is 19.2 Å². The first-order chi connectivity index (χ1) is 6.27. The van der Waals surface area contributed by atoms with Crippen LogP contribution in [0.1, 0.15) is 13.8 Å². The molecule has 1 rings (SSSR count). The maximum atomic E-state index is 9.03. The Morgan fingerprint density at radius 3 is 2.00 bits per heavy atom. The van der Waals surface area contributed by atoms with Gasteiger partial charge in [0, 0.05) is 6.07 Å². The topological polar surface area (TPSA) is 38.7 Å². The number of phenols is 1. The molecule has 0 aliphatic carbocycles. The molecule has 13 heavy (non-hydrogen) atoms. The summed E-state index contributed by atoms with van der Waals surface area (Å²) in [5.41, 5.74) is 0. The Hall–Kier alpha value is -1.38. The molecule has 0 radical (unpaired) electrons. The molecule has 0 aromatic heterocycles. The van der Waals surface area contributed by atoms with Gasteiger partial charge < -0.3 is 14.6 Å².